The maximum Gasteiger partial charge on any atom is 0.328 e. The van der Waals surface area contributed by atoms with Gasteiger partial charge in [0.05, 0.1) is 31.7 Å². The van der Waals surface area contributed by atoms with E-state index in [4.69, 9.17) is 22.9 Å². The number of aromatic nitrogens is 2. The largest absolute Gasteiger partial charge is 0.480 e. The van der Waals surface area contributed by atoms with E-state index in [1.807, 2.05) is 0 Å². The van der Waals surface area contributed by atoms with E-state index in [1.165, 1.54) is 17.4 Å². The van der Waals surface area contributed by atoms with Gasteiger partial charge in [-0.1, -0.05) is 30.3 Å². The van der Waals surface area contributed by atoms with Gasteiger partial charge in [0, 0.05) is 44.2 Å². The number of aliphatic carboxylic acids is 1. The van der Waals surface area contributed by atoms with Crippen molar-refractivity contribution in [3.8, 4) is 0 Å². The van der Waals surface area contributed by atoms with Gasteiger partial charge in [-0.2, -0.15) is 0 Å². The number of rotatable bonds is 31. The predicted molar refractivity (Wildman–Crippen MR) is 262 cm³/mol. The molecule has 1 aromatic carbocycles. The van der Waals surface area contributed by atoms with E-state index in [0.717, 1.165) is 13.8 Å². The molecule has 1 aromatic heterocycles. The molecule has 30 nitrogen and oxygen atoms in total. The van der Waals surface area contributed by atoms with Gasteiger partial charge in [-0.25, -0.2) is 9.78 Å². The molecule has 0 radical (unpaired) electrons. The van der Waals surface area contributed by atoms with Crippen molar-refractivity contribution in [2.75, 3.05) is 26.3 Å². The van der Waals surface area contributed by atoms with Crippen LogP contribution in [0.3, 0.4) is 0 Å². The third-order valence-corrected chi connectivity index (χ3v) is 11.7. The smallest absolute Gasteiger partial charge is 0.328 e. The molecule has 11 atom stereocenters. The van der Waals surface area contributed by atoms with Crippen molar-refractivity contribution in [1.82, 2.24) is 52.1 Å². The zero-order chi connectivity index (χ0) is 55.9. The molecule has 0 bridgehead atoms. The van der Waals surface area contributed by atoms with Crippen LogP contribution in [-0.2, 0) is 60.8 Å². The maximum absolute atomic E-state index is 14.7. The Bertz CT molecular complexity index is 2300. The number of aromatic amines is 1. The minimum Gasteiger partial charge on any atom is -0.480 e. The number of primary amides is 1. The number of benzene rings is 1. The van der Waals surface area contributed by atoms with E-state index in [9.17, 15) is 73.5 Å². The van der Waals surface area contributed by atoms with Crippen LogP contribution < -0.4 is 60.2 Å². The number of amides is 9. The van der Waals surface area contributed by atoms with Gasteiger partial charge in [-0.05, 0) is 51.5 Å². The highest BCUT2D eigenvalue weighted by atomic mass is 16.4. The molecule has 2 aromatic rings. The lowest BCUT2D eigenvalue weighted by Crippen LogP contribution is -2.62. The van der Waals surface area contributed by atoms with Gasteiger partial charge in [-0.3, -0.25) is 48.1 Å². The predicted octanol–water partition coefficient (Wildman–Crippen LogP) is -7.94. The van der Waals surface area contributed by atoms with Gasteiger partial charge in [-0.15, -0.1) is 0 Å². The molecule has 30 heteroatoms. The molecule has 9 amide bonds. The summed E-state index contributed by atoms with van der Waals surface area (Å²) in [6.07, 6.45) is -1.41. The van der Waals surface area contributed by atoms with Crippen molar-refractivity contribution in [3.05, 3.63) is 54.1 Å². The Morgan fingerprint density at radius 1 is 0.720 bits per heavy atom. The fourth-order valence-corrected chi connectivity index (χ4v) is 7.64. The van der Waals surface area contributed by atoms with Crippen molar-refractivity contribution in [2.45, 2.75) is 132 Å². The topological polar surface area (TPSA) is 504 Å². The van der Waals surface area contributed by atoms with E-state index in [0.29, 0.717) is 17.7 Å². The number of H-pyrrole nitrogens is 1. The standard InChI is InChI=1S/C45H69N15O15/c1-22(63)34(58-40(70)31(20-62)57-37(67)28(12-13-33(47)65)53-36(66)26(46)19-61)42(72)55-29(17-25-18-50-21-52-25)39(69)56-30(16-24-8-4-3-5-9-24)43(73)60-15-7-11-32(60)41(71)54-27(10-6-14-51-45(48)49)38(68)59-35(23(2)64)44(74)75/h3-5,8-9,18,21-23,26-32,34-35,61-64H,6-7,10-17,19-20,46H2,1-2H3,(H2,47,65)(H,50,52)(H,53,66)(H,54,71)(H,55,72)(H,56,69)(H,57,67)(H,58,70)(H,59,68)(H,74,75)(H4,48,49,51)/t22-,23-,26+,27+,28+,29+,30+,31+,32+,34+,35+/m1/s1. The first-order valence-corrected chi connectivity index (χ1v) is 23.8. The van der Waals surface area contributed by atoms with Gasteiger partial charge in [0.2, 0.25) is 53.2 Å². The Morgan fingerprint density at radius 3 is 1.87 bits per heavy atom. The maximum atomic E-state index is 14.7. The molecule has 75 heavy (non-hydrogen) atoms. The summed E-state index contributed by atoms with van der Waals surface area (Å²) in [5, 5.41) is 66.3. The summed E-state index contributed by atoms with van der Waals surface area (Å²) >= 11 is 0. The van der Waals surface area contributed by atoms with Crippen LogP contribution in [0.2, 0.25) is 0 Å². The molecule has 1 fully saturated rings. The second kappa shape index (κ2) is 30.4. The molecule has 0 unspecified atom stereocenters. The molecule has 2 heterocycles. The Balaban J connectivity index is 1.90. The Kier molecular flexibility index (Phi) is 24.9. The number of likely N-dealkylation sites (tertiary alicyclic amines) is 1. The molecule has 21 N–H and O–H groups in total. The number of carbonyl (C=O) groups excluding carboxylic acids is 9. The van der Waals surface area contributed by atoms with Crippen LogP contribution >= 0.6 is 0 Å². The number of hydrogen-bond acceptors (Lipinski definition) is 17. The molecular weight excluding hydrogens is 991 g/mol. The van der Waals surface area contributed by atoms with Crippen LogP contribution in [0.4, 0.5) is 0 Å². The van der Waals surface area contributed by atoms with Crippen LogP contribution in [0.1, 0.15) is 63.6 Å². The molecule has 0 spiro atoms. The number of nitrogens with two attached hydrogens (primary N) is 4. The quantitative estimate of drug-likeness (QED) is 0.0189. The molecule has 0 aliphatic carbocycles. The fraction of sp³-hybridized carbons (Fsp3) is 0.556. The number of carboxylic acids is 1. The second-order valence-electron chi connectivity index (χ2n) is 17.7. The molecule has 0 saturated carbocycles. The summed E-state index contributed by atoms with van der Waals surface area (Å²) < 4.78 is 0. The number of nitrogens with zero attached hydrogens (tertiary/aromatic N) is 3. The number of guanidine groups is 1. The van der Waals surface area contributed by atoms with Crippen LogP contribution in [0, 0.1) is 0 Å². The highest BCUT2D eigenvalue weighted by Crippen LogP contribution is 2.21. The lowest BCUT2D eigenvalue weighted by atomic mass is 10.0. The SMILES string of the molecule is C[C@@H](O)[C@H](NC(=O)[C@H](CCCN=C(N)N)NC(=O)[C@@H]1CCCN1C(=O)[C@H](Cc1ccccc1)NC(=O)[C@H](Cc1cnc[nH]1)NC(=O)[C@@H](NC(=O)[C@H](CO)NC(=O)[C@H](CCC(N)=O)NC(=O)[C@@H](N)CO)[C@@H](C)O)C(=O)O. The summed E-state index contributed by atoms with van der Waals surface area (Å²) in [4.78, 5) is 145. The van der Waals surface area contributed by atoms with Crippen LogP contribution in [0.15, 0.2) is 47.8 Å². The number of carboxylic acid groups (broad SMARTS) is 1. The van der Waals surface area contributed by atoms with E-state index in [-0.39, 0.29) is 57.6 Å². The second-order valence-corrected chi connectivity index (χ2v) is 17.7. The molecule has 1 aliphatic rings. The highest BCUT2D eigenvalue weighted by molar-refractivity contribution is 5.98. The van der Waals surface area contributed by atoms with Crippen molar-refractivity contribution in [2.24, 2.45) is 27.9 Å². The lowest BCUT2D eigenvalue weighted by Gasteiger charge is -2.31. The van der Waals surface area contributed by atoms with Gasteiger partial charge >= 0.3 is 5.97 Å². The van der Waals surface area contributed by atoms with Gasteiger partial charge in [0.1, 0.15) is 48.3 Å². The third kappa shape index (κ3) is 19.9. The number of aliphatic imine (C=N–C) groups is 1. The fourth-order valence-electron chi connectivity index (χ4n) is 7.64. The van der Waals surface area contributed by atoms with Crippen molar-refractivity contribution >= 4 is 65.1 Å². The number of hydrogen-bond donors (Lipinski definition) is 17. The monoisotopic (exact) mass is 1060 g/mol. The average Bonchev–Trinajstić information content (AvgIpc) is 4.08. The molecule has 414 valence electrons. The first kappa shape index (κ1) is 61.5. The molecular formula is C45H69N15O15. The Hall–Kier alpha value is -7.80. The Labute approximate surface area is 429 Å². The minimum absolute atomic E-state index is 0.0163. The zero-order valence-corrected chi connectivity index (χ0v) is 41.3. The van der Waals surface area contributed by atoms with Gasteiger partial charge in [0.15, 0.2) is 12.0 Å². The van der Waals surface area contributed by atoms with Crippen LogP contribution in [-0.4, -0.2) is 198 Å². The average molecular weight is 1060 g/mol. The number of aliphatic hydroxyl groups is 4. The molecule has 1 saturated heterocycles. The van der Waals surface area contributed by atoms with E-state index >= 15 is 0 Å². The summed E-state index contributed by atoms with van der Waals surface area (Å²) in [6, 6.07) is -5.63. The normalized spacial score (nSPS) is 17.1. The van der Waals surface area contributed by atoms with E-state index in [2.05, 4.69) is 52.2 Å². The van der Waals surface area contributed by atoms with Gasteiger partial charge < -0.3 is 95.6 Å². The zero-order valence-electron chi connectivity index (χ0n) is 41.3. The van der Waals surface area contributed by atoms with Crippen LogP contribution in [0.25, 0.3) is 0 Å². The van der Waals surface area contributed by atoms with Crippen molar-refractivity contribution in [1.29, 1.82) is 0 Å². The summed E-state index contributed by atoms with van der Waals surface area (Å²) in [5.41, 5.74) is 22.4. The van der Waals surface area contributed by atoms with Crippen molar-refractivity contribution < 1.29 is 73.5 Å². The summed E-state index contributed by atoms with van der Waals surface area (Å²) in [7, 11) is 0. The first-order valence-electron chi connectivity index (χ1n) is 23.8. The number of carbonyl (C=O) groups is 10. The lowest BCUT2D eigenvalue weighted by molar-refractivity contribution is -0.145. The summed E-state index contributed by atoms with van der Waals surface area (Å²) in [5.74, 6) is -10.6. The van der Waals surface area contributed by atoms with E-state index < -0.39 is 145 Å². The first-order chi connectivity index (χ1) is 35.5. The third-order valence-electron chi connectivity index (χ3n) is 11.7. The minimum atomic E-state index is -1.88. The Morgan fingerprint density at radius 2 is 1.29 bits per heavy atom. The number of imidazole rings is 1. The van der Waals surface area contributed by atoms with E-state index in [1.54, 1.807) is 30.3 Å². The highest BCUT2D eigenvalue weighted by Gasteiger charge is 2.41. The van der Waals surface area contributed by atoms with Crippen molar-refractivity contribution in [3.63, 3.8) is 0 Å². The molecule has 1 aliphatic heterocycles. The van der Waals surface area contributed by atoms with Crippen LogP contribution in [0.5, 0.6) is 0 Å². The number of aliphatic hydroxyl groups excluding tert-OH is 4. The molecule has 3 rings (SSSR count). The number of nitrogens with one attached hydrogen (secondary N) is 8. The summed E-state index contributed by atoms with van der Waals surface area (Å²) in [6.45, 7) is 0.418. The van der Waals surface area contributed by atoms with Gasteiger partial charge in [0.25, 0.3) is 0 Å².